The Morgan fingerprint density at radius 3 is 2.54 bits per heavy atom. The first-order valence-electron chi connectivity index (χ1n) is 9.26. The van der Waals surface area contributed by atoms with Gasteiger partial charge in [0.25, 0.3) is 0 Å². The van der Waals surface area contributed by atoms with E-state index in [2.05, 4.69) is 22.0 Å². The van der Waals surface area contributed by atoms with E-state index in [1.54, 1.807) is 0 Å². The van der Waals surface area contributed by atoms with Crippen molar-refractivity contribution in [3.05, 3.63) is 0 Å². The van der Waals surface area contributed by atoms with Crippen molar-refractivity contribution in [2.24, 2.45) is 10.7 Å². The number of nitrogens with zero attached hydrogens (tertiary/aromatic N) is 2. The van der Waals surface area contributed by atoms with Gasteiger partial charge in [-0.15, -0.1) is 24.0 Å². The molecule has 3 N–H and O–H groups in total. The number of nitrogens with two attached hydrogens (primary N) is 1. The van der Waals surface area contributed by atoms with Gasteiger partial charge in [-0.25, -0.2) is 0 Å². The third-order valence-electron chi connectivity index (χ3n) is 5.52. The highest BCUT2D eigenvalue weighted by Crippen LogP contribution is 2.34. The summed E-state index contributed by atoms with van der Waals surface area (Å²) in [4.78, 5) is 7.36. The number of ether oxygens (including phenoxy) is 1. The number of nitrogens with one attached hydrogen (secondary N) is 1. The average molecular weight is 468 g/mol. The summed E-state index contributed by atoms with van der Waals surface area (Å²) in [5, 5.41) is 3.48. The smallest absolute Gasteiger partial charge is 0.188 e. The quantitative estimate of drug-likeness (QED) is 0.287. The molecular formula is C17H33IN4OS. The molecule has 1 saturated carbocycles. The van der Waals surface area contributed by atoms with Crippen molar-refractivity contribution < 1.29 is 4.74 Å². The Bertz CT molecular complexity index is 390. The molecule has 7 heteroatoms. The van der Waals surface area contributed by atoms with Gasteiger partial charge >= 0.3 is 0 Å². The molecule has 140 valence electrons. The third kappa shape index (κ3) is 5.64. The minimum Gasteiger partial charge on any atom is -0.379 e. The SMILES string of the molecule is I.NC(=NCC1(N2CCOCC2)CCSC1)NC1CCCCCC1. The molecule has 2 aliphatic heterocycles. The number of halogens is 1. The second kappa shape index (κ2) is 10.4. The van der Waals surface area contributed by atoms with Crippen LogP contribution in [0, 0.1) is 0 Å². The van der Waals surface area contributed by atoms with Crippen molar-refractivity contribution in [1.82, 2.24) is 10.2 Å². The van der Waals surface area contributed by atoms with Gasteiger partial charge in [-0.1, -0.05) is 25.7 Å². The molecule has 24 heavy (non-hydrogen) atoms. The van der Waals surface area contributed by atoms with Gasteiger partial charge in [0.05, 0.1) is 25.3 Å². The van der Waals surface area contributed by atoms with E-state index in [4.69, 9.17) is 15.5 Å². The van der Waals surface area contributed by atoms with Crippen LogP contribution in [0.5, 0.6) is 0 Å². The van der Waals surface area contributed by atoms with E-state index in [0.717, 1.165) is 32.8 Å². The second-order valence-electron chi connectivity index (χ2n) is 7.16. The molecule has 0 amide bonds. The molecule has 3 fully saturated rings. The second-order valence-corrected chi connectivity index (χ2v) is 8.27. The van der Waals surface area contributed by atoms with Crippen LogP contribution in [0.3, 0.4) is 0 Å². The highest BCUT2D eigenvalue weighted by atomic mass is 127. The van der Waals surface area contributed by atoms with Gasteiger partial charge in [0.15, 0.2) is 5.96 Å². The summed E-state index contributed by atoms with van der Waals surface area (Å²) in [6.07, 6.45) is 9.07. The minimum absolute atomic E-state index is 0. The first-order chi connectivity index (χ1) is 11.3. The number of rotatable bonds is 4. The molecule has 1 atom stereocenters. The van der Waals surface area contributed by atoms with Crippen LogP contribution < -0.4 is 11.1 Å². The van der Waals surface area contributed by atoms with Crippen molar-refractivity contribution in [3.8, 4) is 0 Å². The number of hydrogen-bond acceptors (Lipinski definition) is 4. The lowest BCUT2D eigenvalue weighted by Crippen LogP contribution is -2.56. The molecule has 0 spiro atoms. The highest BCUT2D eigenvalue weighted by Gasteiger charge is 2.40. The van der Waals surface area contributed by atoms with Gasteiger partial charge in [-0.05, 0) is 25.0 Å². The van der Waals surface area contributed by atoms with Crippen molar-refractivity contribution >= 4 is 41.7 Å². The normalized spacial score (nSPS) is 30.6. The Kier molecular flexibility index (Phi) is 8.94. The number of morpholine rings is 1. The molecule has 1 aliphatic carbocycles. The molecule has 5 nitrogen and oxygen atoms in total. The fourth-order valence-electron chi connectivity index (χ4n) is 4.02. The summed E-state index contributed by atoms with van der Waals surface area (Å²) in [7, 11) is 0. The summed E-state index contributed by atoms with van der Waals surface area (Å²) < 4.78 is 5.52. The first-order valence-corrected chi connectivity index (χ1v) is 10.4. The topological polar surface area (TPSA) is 62.9 Å². The van der Waals surface area contributed by atoms with Gasteiger partial charge in [0.1, 0.15) is 0 Å². The molecule has 3 rings (SSSR count). The molecule has 0 aromatic heterocycles. The van der Waals surface area contributed by atoms with Crippen LogP contribution in [0.25, 0.3) is 0 Å². The maximum Gasteiger partial charge on any atom is 0.188 e. The lowest BCUT2D eigenvalue weighted by atomic mass is 9.96. The molecule has 0 aromatic rings. The van der Waals surface area contributed by atoms with Crippen molar-refractivity contribution in [1.29, 1.82) is 0 Å². The fourth-order valence-corrected chi connectivity index (χ4v) is 5.49. The summed E-state index contributed by atoms with van der Waals surface area (Å²) in [5.74, 6) is 3.07. The standard InChI is InChI=1S/C17H32N4OS.HI/c18-16(20-15-5-3-1-2-4-6-15)19-13-17(7-12-23-14-17)21-8-10-22-11-9-21;/h15H,1-14H2,(H3,18,19,20);1H. The monoisotopic (exact) mass is 468 g/mol. The lowest BCUT2D eigenvalue weighted by molar-refractivity contribution is -0.0104. The highest BCUT2D eigenvalue weighted by molar-refractivity contribution is 14.0. The molecule has 2 heterocycles. The fraction of sp³-hybridized carbons (Fsp3) is 0.941. The van der Waals surface area contributed by atoms with Crippen LogP contribution in [0.15, 0.2) is 4.99 Å². The summed E-state index contributed by atoms with van der Waals surface area (Å²) >= 11 is 2.05. The Morgan fingerprint density at radius 2 is 1.92 bits per heavy atom. The summed E-state index contributed by atoms with van der Waals surface area (Å²) in [6, 6.07) is 0.526. The zero-order chi connectivity index (χ0) is 16.0. The molecule has 0 radical (unpaired) electrons. The minimum atomic E-state index is 0. The van der Waals surface area contributed by atoms with Crippen molar-refractivity contribution in [2.75, 3.05) is 44.4 Å². The largest absolute Gasteiger partial charge is 0.379 e. The number of hydrogen-bond donors (Lipinski definition) is 2. The maximum atomic E-state index is 6.21. The summed E-state index contributed by atoms with van der Waals surface area (Å²) in [5.41, 5.74) is 6.41. The van der Waals surface area contributed by atoms with Crippen molar-refractivity contribution in [3.63, 3.8) is 0 Å². The van der Waals surface area contributed by atoms with E-state index >= 15 is 0 Å². The van der Waals surface area contributed by atoms with Crippen LogP contribution in [0.1, 0.15) is 44.9 Å². The third-order valence-corrected chi connectivity index (χ3v) is 6.75. The Morgan fingerprint density at radius 1 is 1.21 bits per heavy atom. The Labute approximate surface area is 167 Å². The Hall–Kier alpha value is 0.270. The molecular weight excluding hydrogens is 435 g/mol. The summed E-state index contributed by atoms with van der Waals surface area (Å²) in [6.45, 7) is 4.60. The molecule has 0 aromatic carbocycles. The van der Waals surface area contributed by atoms with Gasteiger partial charge in [0, 0.05) is 24.9 Å². The van der Waals surface area contributed by atoms with E-state index in [-0.39, 0.29) is 29.5 Å². The zero-order valence-electron chi connectivity index (χ0n) is 14.7. The van der Waals surface area contributed by atoms with E-state index in [9.17, 15) is 0 Å². The van der Waals surface area contributed by atoms with Gasteiger partial charge in [-0.3, -0.25) is 9.89 Å². The zero-order valence-corrected chi connectivity index (χ0v) is 17.8. The van der Waals surface area contributed by atoms with Crippen molar-refractivity contribution in [2.45, 2.75) is 56.5 Å². The van der Waals surface area contributed by atoms with E-state index in [0.29, 0.717) is 12.0 Å². The predicted octanol–water partition coefficient (Wildman–Crippen LogP) is 2.44. The number of guanidine groups is 1. The molecule has 3 aliphatic rings. The number of aliphatic imine (C=N–C) groups is 1. The van der Waals surface area contributed by atoms with Gasteiger partial charge < -0.3 is 15.8 Å². The van der Waals surface area contributed by atoms with Crippen LogP contribution in [0.2, 0.25) is 0 Å². The molecule has 1 unspecified atom stereocenters. The average Bonchev–Trinajstić information content (AvgIpc) is 2.93. The van der Waals surface area contributed by atoms with Crippen LogP contribution in [-0.4, -0.2) is 66.8 Å². The Balaban J connectivity index is 0.00000208. The number of thioether (sulfide) groups is 1. The van der Waals surface area contributed by atoms with Crippen LogP contribution >= 0.6 is 35.7 Å². The lowest BCUT2D eigenvalue weighted by Gasteiger charge is -2.42. The van der Waals surface area contributed by atoms with E-state index < -0.39 is 0 Å². The molecule has 0 bridgehead atoms. The van der Waals surface area contributed by atoms with Gasteiger partial charge in [-0.2, -0.15) is 11.8 Å². The maximum absolute atomic E-state index is 6.21. The van der Waals surface area contributed by atoms with E-state index in [1.165, 1.54) is 56.5 Å². The first kappa shape index (κ1) is 20.6. The van der Waals surface area contributed by atoms with Crippen LogP contribution in [0.4, 0.5) is 0 Å². The van der Waals surface area contributed by atoms with Gasteiger partial charge in [0.2, 0.25) is 0 Å². The van der Waals surface area contributed by atoms with E-state index in [1.807, 2.05) is 0 Å². The molecule has 2 saturated heterocycles. The van der Waals surface area contributed by atoms with Crippen LogP contribution in [-0.2, 0) is 4.74 Å². The predicted molar refractivity (Wildman–Crippen MR) is 114 cm³/mol.